The zero-order chi connectivity index (χ0) is 25.0. The molecule has 2 aliphatic rings. The van der Waals surface area contributed by atoms with E-state index >= 15 is 0 Å². The number of benzene rings is 1. The van der Waals surface area contributed by atoms with Crippen molar-refractivity contribution in [2.75, 3.05) is 42.6 Å². The van der Waals surface area contributed by atoms with Gasteiger partial charge in [-0.2, -0.15) is 4.98 Å². The number of amides is 1. The Balaban J connectivity index is 1.36. The molecular weight excluding hydrogens is 466 g/mol. The van der Waals surface area contributed by atoms with Crippen LogP contribution in [0.5, 0.6) is 0 Å². The maximum absolute atomic E-state index is 13.0. The summed E-state index contributed by atoms with van der Waals surface area (Å²) in [6, 6.07) is 15.4. The third-order valence-electron chi connectivity index (χ3n) is 6.64. The first kappa shape index (κ1) is 23.1. The predicted molar refractivity (Wildman–Crippen MR) is 141 cm³/mol. The number of rotatable bonds is 6. The number of ether oxygens (including phenoxy) is 1. The molecule has 1 N–H and O–H groups in total. The average Bonchev–Trinajstić information content (AvgIpc) is 3.41. The van der Waals surface area contributed by atoms with E-state index in [0.29, 0.717) is 31.3 Å². The Morgan fingerprint density at radius 1 is 0.946 bits per heavy atom. The van der Waals surface area contributed by atoms with Crippen molar-refractivity contribution in [3.8, 4) is 11.3 Å². The minimum atomic E-state index is -0.137. The van der Waals surface area contributed by atoms with Crippen molar-refractivity contribution in [3.63, 3.8) is 0 Å². The maximum atomic E-state index is 13.0. The number of anilines is 3. The van der Waals surface area contributed by atoms with Gasteiger partial charge in [0.25, 0.3) is 5.91 Å². The highest BCUT2D eigenvalue weighted by molar-refractivity contribution is 5.95. The summed E-state index contributed by atoms with van der Waals surface area (Å²) in [5, 5.41) is 2.99. The molecule has 186 valence electrons. The fourth-order valence-corrected chi connectivity index (χ4v) is 4.75. The van der Waals surface area contributed by atoms with E-state index in [-0.39, 0.29) is 5.91 Å². The van der Waals surface area contributed by atoms with Crippen molar-refractivity contribution < 1.29 is 9.53 Å². The van der Waals surface area contributed by atoms with Crippen LogP contribution in [0.25, 0.3) is 11.3 Å². The molecule has 3 aromatic heterocycles. The lowest BCUT2D eigenvalue weighted by Gasteiger charge is -2.28. The number of hydrogen-bond donors (Lipinski definition) is 1. The van der Waals surface area contributed by atoms with E-state index in [0.717, 1.165) is 59.9 Å². The molecule has 4 aromatic rings. The van der Waals surface area contributed by atoms with E-state index in [1.807, 2.05) is 54.7 Å². The highest BCUT2D eigenvalue weighted by Crippen LogP contribution is 2.39. The summed E-state index contributed by atoms with van der Waals surface area (Å²) in [6.45, 7) is 3.98. The molecule has 0 unspecified atom stereocenters. The minimum absolute atomic E-state index is 0.137. The quantitative estimate of drug-likeness (QED) is 0.437. The molecule has 1 saturated heterocycles. The number of fused-ring (bicyclic) bond motifs is 1. The molecule has 0 bridgehead atoms. The van der Waals surface area contributed by atoms with Crippen molar-refractivity contribution in [2.45, 2.75) is 13.0 Å². The maximum Gasteiger partial charge on any atom is 0.251 e. The van der Waals surface area contributed by atoms with Crippen LogP contribution in [-0.4, -0.2) is 58.7 Å². The van der Waals surface area contributed by atoms with E-state index < -0.39 is 0 Å². The van der Waals surface area contributed by atoms with E-state index in [2.05, 4.69) is 25.1 Å². The third-order valence-corrected chi connectivity index (χ3v) is 6.64. The number of hydrogen-bond acceptors (Lipinski definition) is 8. The molecule has 2 aliphatic heterocycles. The molecule has 37 heavy (non-hydrogen) atoms. The highest BCUT2D eigenvalue weighted by atomic mass is 16.5. The monoisotopic (exact) mass is 493 g/mol. The predicted octanol–water partition coefficient (Wildman–Crippen LogP) is 3.39. The summed E-state index contributed by atoms with van der Waals surface area (Å²) in [5.74, 6) is 1.44. The Labute approximate surface area is 215 Å². The lowest BCUT2D eigenvalue weighted by Crippen LogP contribution is -2.37. The Bertz CT molecular complexity index is 1390. The molecule has 9 nitrogen and oxygen atoms in total. The van der Waals surface area contributed by atoms with Gasteiger partial charge in [-0.1, -0.05) is 18.2 Å². The smallest absolute Gasteiger partial charge is 0.251 e. The van der Waals surface area contributed by atoms with Crippen LogP contribution in [0.4, 0.5) is 17.5 Å². The summed E-state index contributed by atoms with van der Waals surface area (Å²) in [7, 11) is 0. The summed E-state index contributed by atoms with van der Waals surface area (Å²) in [4.78, 5) is 35.8. The van der Waals surface area contributed by atoms with Gasteiger partial charge in [0.05, 0.1) is 30.8 Å². The van der Waals surface area contributed by atoms with Crippen LogP contribution in [-0.2, 0) is 17.7 Å². The lowest BCUT2D eigenvalue weighted by molar-refractivity contribution is 0.0951. The van der Waals surface area contributed by atoms with Crippen molar-refractivity contribution in [1.29, 1.82) is 0 Å². The fourth-order valence-electron chi connectivity index (χ4n) is 4.75. The summed E-state index contributed by atoms with van der Waals surface area (Å²) < 4.78 is 5.55. The number of carbonyl (C=O) groups excluding carboxylic acids is 1. The molecule has 6 rings (SSSR count). The average molecular weight is 494 g/mol. The molecule has 0 saturated carbocycles. The van der Waals surface area contributed by atoms with Gasteiger partial charge in [0.15, 0.2) is 0 Å². The van der Waals surface area contributed by atoms with Gasteiger partial charge in [-0.3, -0.25) is 14.8 Å². The second kappa shape index (κ2) is 10.3. The normalized spacial score (nSPS) is 14.9. The molecule has 1 fully saturated rings. The Morgan fingerprint density at radius 2 is 1.78 bits per heavy atom. The van der Waals surface area contributed by atoms with E-state index in [1.165, 1.54) is 0 Å². The van der Waals surface area contributed by atoms with Crippen LogP contribution in [0.15, 0.2) is 73.3 Å². The first-order valence-electron chi connectivity index (χ1n) is 12.4. The van der Waals surface area contributed by atoms with Crippen molar-refractivity contribution in [1.82, 2.24) is 25.3 Å². The molecule has 0 atom stereocenters. The van der Waals surface area contributed by atoms with Crippen LogP contribution in [0.3, 0.4) is 0 Å². The van der Waals surface area contributed by atoms with Gasteiger partial charge in [-0.05, 0) is 42.3 Å². The lowest BCUT2D eigenvalue weighted by atomic mass is 10.0. The van der Waals surface area contributed by atoms with Gasteiger partial charge in [0, 0.05) is 61.5 Å². The van der Waals surface area contributed by atoms with Crippen molar-refractivity contribution in [3.05, 3.63) is 90.0 Å². The minimum Gasteiger partial charge on any atom is -0.378 e. The standard InChI is InChI=1S/C28H27N7O2/c36-27(31-18-20-4-2-9-29-17-20)22-6-1-5-21(16-22)25-24-8-11-35(23-7-3-10-30-19-23)26(24)33-28(32-25)34-12-14-37-15-13-34/h1-7,9-10,16-17,19H,8,11-15,18H2,(H,31,36). The number of carbonyl (C=O) groups is 1. The summed E-state index contributed by atoms with van der Waals surface area (Å²) >= 11 is 0. The molecule has 1 amide bonds. The van der Waals surface area contributed by atoms with Gasteiger partial charge in [0.2, 0.25) is 5.95 Å². The first-order valence-corrected chi connectivity index (χ1v) is 12.4. The molecule has 1 aromatic carbocycles. The topological polar surface area (TPSA) is 96.4 Å². The highest BCUT2D eigenvalue weighted by Gasteiger charge is 2.29. The Hall–Kier alpha value is -4.37. The van der Waals surface area contributed by atoms with Crippen molar-refractivity contribution >= 4 is 23.4 Å². The first-order chi connectivity index (χ1) is 18.3. The third kappa shape index (κ3) is 4.85. The number of aromatic nitrogens is 4. The molecule has 0 radical (unpaired) electrons. The molecule has 0 aliphatic carbocycles. The van der Waals surface area contributed by atoms with Crippen LogP contribution in [0, 0.1) is 0 Å². The van der Waals surface area contributed by atoms with Crippen LogP contribution < -0.4 is 15.1 Å². The summed E-state index contributed by atoms with van der Waals surface area (Å²) in [5.41, 5.74) is 5.38. The van der Waals surface area contributed by atoms with Gasteiger partial charge in [0.1, 0.15) is 5.82 Å². The zero-order valence-electron chi connectivity index (χ0n) is 20.4. The number of pyridine rings is 2. The van der Waals surface area contributed by atoms with E-state index in [1.54, 1.807) is 18.6 Å². The molecule has 9 heteroatoms. The van der Waals surface area contributed by atoms with Gasteiger partial charge < -0.3 is 19.9 Å². The van der Waals surface area contributed by atoms with Crippen molar-refractivity contribution in [2.24, 2.45) is 0 Å². The molecular formula is C28H27N7O2. The van der Waals surface area contributed by atoms with Crippen LogP contribution >= 0.6 is 0 Å². The SMILES string of the molecule is O=C(NCc1cccnc1)c1cccc(-c2nc(N3CCOCC3)nc3c2CCN3c2cccnc2)c1. The van der Waals surface area contributed by atoms with E-state index in [9.17, 15) is 4.79 Å². The van der Waals surface area contributed by atoms with Gasteiger partial charge in [-0.15, -0.1) is 0 Å². The second-order valence-electron chi connectivity index (χ2n) is 9.01. The Morgan fingerprint density at radius 3 is 2.57 bits per heavy atom. The van der Waals surface area contributed by atoms with Gasteiger partial charge in [-0.25, -0.2) is 4.98 Å². The second-order valence-corrected chi connectivity index (χ2v) is 9.01. The van der Waals surface area contributed by atoms with Crippen LogP contribution in [0.2, 0.25) is 0 Å². The van der Waals surface area contributed by atoms with Gasteiger partial charge >= 0.3 is 0 Å². The Kier molecular flexibility index (Phi) is 6.43. The zero-order valence-corrected chi connectivity index (χ0v) is 20.4. The number of nitrogens with one attached hydrogen (secondary N) is 1. The fraction of sp³-hybridized carbons (Fsp3) is 0.250. The largest absolute Gasteiger partial charge is 0.378 e. The molecule has 0 spiro atoms. The summed E-state index contributed by atoms with van der Waals surface area (Å²) in [6.07, 6.45) is 7.91. The van der Waals surface area contributed by atoms with E-state index in [4.69, 9.17) is 14.7 Å². The molecule has 5 heterocycles. The van der Waals surface area contributed by atoms with Crippen LogP contribution in [0.1, 0.15) is 21.5 Å². The number of morpholine rings is 1. The number of nitrogens with zero attached hydrogens (tertiary/aromatic N) is 6.